The Hall–Kier alpha value is -1.51. The number of nitrogens with zero attached hydrogens (tertiary/aromatic N) is 2. The smallest absolute Gasteiger partial charge is 0.352 e. The lowest BCUT2D eigenvalue weighted by molar-refractivity contribution is -0.147. The van der Waals surface area contributed by atoms with Gasteiger partial charge in [-0.2, -0.15) is 13.2 Å². The van der Waals surface area contributed by atoms with Gasteiger partial charge in [-0.1, -0.05) is 0 Å². The molecular formula is C16H23Cl2F3N4O. The van der Waals surface area contributed by atoms with Crippen LogP contribution in [-0.4, -0.2) is 28.5 Å². The van der Waals surface area contributed by atoms with Gasteiger partial charge in [0.15, 0.2) is 0 Å². The minimum absolute atomic E-state index is 0. The molecule has 26 heavy (non-hydrogen) atoms. The Morgan fingerprint density at radius 1 is 1.27 bits per heavy atom. The predicted octanol–water partition coefficient (Wildman–Crippen LogP) is 3.95. The van der Waals surface area contributed by atoms with E-state index < -0.39 is 18.0 Å². The van der Waals surface area contributed by atoms with E-state index in [0.29, 0.717) is 18.6 Å². The second-order valence-electron chi connectivity index (χ2n) is 5.85. The lowest BCUT2D eigenvalue weighted by Gasteiger charge is -2.14. The summed E-state index contributed by atoms with van der Waals surface area (Å²) < 4.78 is 40.7. The molecule has 2 rings (SSSR count). The summed E-state index contributed by atoms with van der Waals surface area (Å²) in [4.78, 5) is 15.8. The highest BCUT2D eigenvalue weighted by atomic mass is 35.5. The molecule has 1 aromatic heterocycles. The number of benzene rings is 1. The molecule has 3 N–H and O–H groups in total. The van der Waals surface area contributed by atoms with Crippen molar-refractivity contribution in [3.8, 4) is 0 Å². The van der Waals surface area contributed by atoms with Crippen molar-refractivity contribution in [3.63, 3.8) is 0 Å². The van der Waals surface area contributed by atoms with Crippen molar-refractivity contribution in [1.82, 2.24) is 14.9 Å². The fourth-order valence-corrected chi connectivity index (χ4v) is 2.54. The van der Waals surface area contributed by atoms with Crippen molar-refractivity contribution in [2.45, 2.75) is 38.9 Å². The van der Waals surface area contributed by atoms with Crippen molar-refractivity contribution in [2.24, 2.45) is 5.73 Å². The standard InChI is InChI=1S/C16H21F3N4O.2ClH/c1-10(2)23-13-6-5-11(14(24)21-8-4-3-7-20)9-12(13)22-15(23)16(17,18)19;;/h5-6,9-10H,3-4,7-8,20H2,1-2H3,(H,21,24);2*1H. The summed E-state index contributed by atoms with van der Waals surface area (Å²) in [7, 11) is 0. The minimum Gasteiger partial charge on any atom is -0.352 e. The Kier molecular flexibility index (Phi) is 9.41. The molecule has 1 amide bonds. The molecule has 0 saturated carbocycles. The lowest BCUT2D eigenvalue weighted by atomic mass is 10.1. The summed E-state index contributed by atoms with van der Waals surface area (Å²) in [5.41, 5.74) is 6.19. The zero-order chi connectivity index (χ0) is 17.9. The highest BCUT2D eigenvalue weighted by Crippen LogP contribution is 2.33. The Bertz CT molecular complexity index is 732. The largest absolute Gasteiger partial charge is 0.449 e. The molecule has 1 aromatic carbocycles. The summed E-state index contributed by atoms with van der Waals surface area (Å²) in [6, 6.07) is 4.01. The second-order valence-corrected chi connectivity index (χ2v) is 5.85. The first-order valence-corrected chi connectivity index (χ1v) is 7.83. The fourth-order valence-electron chi connectivity index (χ4n) is 2.54. The van der Waals surface area contributed by atoms with Crippen LogP contribution in [0.25, 0.3) is 11.0 Å². The lowest BCUT2D eigenvalue weighted by Crippen LogP contribution is -2.24. The van der Waals surface area contributed by atoms with Crippen LogP contribution < -0.4 is 11.1 Å². The molecule has 0 radical (unpaired) electrons. The SMILES string of the molecule is CC(C)n1c(C(F)(F)F)nc2cc(C(=O)NCCCCN)ccc21.Cl.Cl. The van der Waals surface area contributed by atoms with Crippen molar-refractivity contribution >= 4 is 41.8 Å². The maximum absolute atomic E-state index is 13.2. The van der Waals surface area contributed by atoms with Crippen LogP contribution in [0.2, 0.25) is 0 Å². The number of rotatable bonds is 6. The molecule has 0 aliphatic rings. The number of halogens is 5. The van der Waals surface area contributed by atoms with E-state index in [1.165, 1.54) is 18.2 Å². The fraction of sp³-hybridized carbons (Fsp3) is 0.500. The number of amides is 1. The number of aromatic nitrogens is 2. The normalized spacial score (nSPS) is 11.2. The number of hydrogen-bond acceptors (Lipinski definition) is 3. The van der Waals surface area contributed by atoms with Gasteiger partial charge in [0.25, 0.3) is 5.91 Å². The molecule has 0 saturated heterocycles. The first-order chi connectivity index (χ1) is 11.3. The van der Waals surface area contributed by atoms with Gasteiger partial charge in [-0.05, 0) is 51.4 Å². The topological polar surface area (TPSA) is 72.9 Å². The molecule has 0 fully saturated rings. The van der Waals surface area contributed by atoms with Crippen LogP contribution in [-0.2, 0) is 6.18 Å². The maximum Gasteiger partial charge on any atom is 0.449 e. The van der Waals surface area contributed by atoms with E-state index in [9.17, 15) is 18.0 Å². The van der Waals surface area contributed by atoms with Crippen LogP contribution in [0, 0.1) is 0 Å². The van der Waals surface area contributed by atoms with Gasteiger partial charge < -0.3 is 15.6 Å². The van der Waals surface area contributed by atoms with Crippen LogP contribution in [0.4, 0.5) is 13.2 Å². The molecule has 10 heteroatoms. The molecule has 0 spiro atoms. The quantitative estimate of drug-likeness (QED) is 0.702. The predicted molar refractivity (Wildman–Crippen MR) is 100 cm³/mol. The number of alkyl halides is 3. The number of unbranched alkanes of at least 4 members (excludes halogenated alkanes) is 1. The summed E-state index contributed by atoms with van der Waals surface area (Å²) in [6.45, 7) is 4.35. The van der Waals surface area contributed by atoms with Crippen molar-refractivity contribution in [1.29, 1.82) is 0 Å². The third-order valence-electron chi connectivity index (χ3n) is 3.64. The third kappa shape index (κ3) is 5.49. The number of hydrogen-bond donors (Lipinski definition) is 2. The zero-order valence-electron chi connectivity index (χ0n) is 14.5. The molecule has 0 aliphatic carbocycles. The summed E-state index contributed by atoms with van der Waals surface area (Å²) >= 11 is 0. The second kappa shape index (κ2) is 9.99. The molecule has 148 valence electrons. The average molecular weight is 415 g/mol. The number of nitrogens with one attached hydrogen (secondary N) is 1. The monoisotopic (exact) mass is 414 g/mol. The van der Waals surface area contributed by atoms with Crippen LogP contribution in [0.5, 0.6) is 0 Å². The van der Waals surface area contributed by atoms with Gasteiger partial charge >= 0.3 is 6.18 Å². The molecule has 0 bridgehead atoms. The first kappa shape index (κ1) is 24.5. The zero-order valence-corrected chi connectivity index (χ0v) is 16.1. The summed E-state index contributed by atoms with van der Waals surface area (Å²) in [5.74, 6) is -1.28. The van der Waals surface area contributed by atoms with Gasteiger partial charge in [-0.15, -0.1) is 24.8 Å². The number of nitrogens with two attached hydrogens (primary N) is 1. The van der Waals surface area contributed by atoms with Gasteiger partial charge in [-0.25, -0.2) is 4.98 Å². The number of imidazole rings is 1. The Balaban J connectivity index is 0.00000312. The molecule has 5 nitrogen and oxygen atoms in total. The maximum atomic E-state index is 13.2. The van der Waals surface area contributed by atoms with E-state index in [-0.39, 0.29) is 41.8 Å². The molecule has 1 heterocycles. The van der Waals surface area contributed by atoms with Crippen LogP contribution >= 0.6 is 24.8 Å². The van der Waals surface area contributed by atoms with E-state index in [2.05, 4.69) is 10.3 Å². The molecule has 0 aliphatic heterocycles. The third-order valence-corrected chi connectivity index (χ3v) is 3.64. The Morgan fingerprint density at radius 2 is 1.92 bits per heavy atom. The average Bonchev–Trinajstić information content (AvgIpc) is 2.90. The number of carbonyl (C=O) groups is 1. The molecule has 0 unspecified atom stereocenters. The van der Waals surface area contributed by atoms with Gasteiger partial charge in [0.05, 0.1) is 11.0 Å². The van der Waals surface area contributed by atoms with Crippen molar-refractivity contribution in [3.05, 3.63) is 29.6 Å². The first-order valence-electron chi connectivity index (χ1n) is 7.83. The van der Waals surface area contributed by atoms with Gasteiger partial charge in [-0.3, -0.25) is 4.79 Å². The van der Waals surface area contributed by atoms with Crippen molar-refractivity contribution in [2.75, 3.05) is 13.1 Å². The number of fused-ring (bicyclic) bond motifs is 1. The molecule has 2 aromatic rings. The van der Waals surface area contributed by atoms with Crippen LogP contribution in [0.15, 0.2) is 18.2 Å². The number of carbonyl (C=O) groups excluding carboxylic acids is 1. The van der Waals surface area contributed by atoms with Crippen molar-refractivity contribution < 1.29 is 18.0 Å². The Morgan fingerprint density at radius 3 is 2.46 bits per heavy atom. The van der Waals surface area contributed by atoms with E-state index in [4.69, 9.17) is 5.73 Å². The van der Waals surface area contributed by atoms with Gasteiger partial charge in [0.2, 0.25) is 5.82 Å². The highest BCUT2D eigenvalue weighted by Gasteiger charge is 2.38. The van der Waals surface area contributed by atoms with Gasteiger partial charge in [0, 0.05) is 18.2 Å². The molecular weight excluding hydrogens is 392 g/mol. The van der Waals surface area contributed by atoms with E-state index in [1.54, 1.807) is 13.8 Å². The van der Waals surface area contributed by atoms with E-state index in [0.717, 1.165) is 17.4 Å². The minimum atomic E-state index is -4.55. The van der Waals surface area contributed by atoms with Gasteiger partial charge in [0.1, 0.15) is 0 Å². The van der Waals surface area contributed by atoms with E-state index >= 15 is 0 Å². The summed E-state index contributed by atoms with van der Waals surface area (Å²) in [6.07, 6.45) is -2.99. The summed E-state index contributed by atoms with van der Waals surface area (Å²) in [5, 5.41) is 2.72. The van der Waals surface area contributed by atoms with E-state index in [1.807, 2.05) is 0 Å². The highest BCUT2D eigenvalue weighted by molar-refractivity contribution is 5.97. The molecule has 0 atom stereocenters. The van der Waals surface area contributed by atoms with Crippen LogP contribution in [0.1, 0.15) is 48.9 Å². The Labute approximate surface area is 162 Å². The van der Waals surface area contributed by atoms with Crippen LogP contribution in [0.3, 0.4) is 0 Å².